The largest absolute Gasteiger partial charge is 0.371 e. The van der Waals surface area contributed by atoms with Gasteiger partial charge in [0.25, 0.3) is 0 Å². The number of carbonyl (C=O) groups excluding carboxylic acids is 1. The predicted octanol–water partition coefficient (Wildman–Crippen LogP) is 2.57. The van der Waals surface area contributed by atoms with Crippen LogP contribution in [0.3, 0.4) is 0 Å². The average Bonchev–Trinajstić information content (AvgIpc) is 3.12. The monoisotopic (exact) mass is 366 g/mol. The fourth-order valence-corrected chi connectivity index (χ4v) is 3.78. The summed E-state index contributed by atoms with van der Waals surface area (Å²) < 4.78 is 26.4. The molecule has 2 aliphatic heterocycles. The molecule has 0 bridgehead atoms. The van der Waals surface area contributed by atoms with Crippen molar-refractivity contribution < 1.29 is 13.6 Å². The second-order valence-corrected chi connectivity index (χ2v) is 7.26. The van der Waals surface area contributed by atoms with E-state index in [0.717, 1.165) is 58.1 Å². The number of rotatable bonds is 5. The molecule has 0 radical (unpaired) electrons. The van der Waals surface area contributed by atoms with Crippen molar-refractivity contribution in [2.45, 2.75) is 32.2 Å². The third kappa shape index (κ3) is 4.84. The van der Waals surface area contributed by atoms with Crippen LogP contribution in [-0.4, -0.2) is 56.2 Å². The van der Waals surface area contributed by atoms with Crippen molar-refractivity contribution in [3.63, 3.8) is 0 Å². The molecule has 144 valence electrons. The molecule has 0 spiro atoms. The second-order valence-electron chi connectivity index (χ2n) is 7.26. The summed E-state index contributed by atoms with van der Waals surface area (Å²) in [7, 11) is 0. The standard InChI is InChI=1S/C19H28F2N4O/c1-2-24-8-6-15(7-9-24)23-19(26)22-12-14-5-10-25(13-14)16-3-4-17(20)18(21)11-16/h3-4,11,14-15H,2,5-10,12-13H2,1H3,(H2,22,23,26)/t14-/m1/s1. The smallest absolute Gasteiger partial charge is 0.315 e. The molecule has 1 aromatic carbocycles. The molecule has 2 aliphatic rings. The number of amides is 2. The number of carbonyl (C=O) groups is 1. The van der Waals surface area contributed by atoms with E-state index in [1.165, 1.54) is 6.07 Å². The average molecular weight is 366 g/mol. The number of likely N-dealkylation sites (tertiary alicyclic amines) is 1. The van der Waals surface area contributed by atoms with Gasteiger partial charge in [-0.2, -0.15) is 0 Å². The van der Waals surface area contributed by atoms with Gasteiger partial charge in [0, 0.05) is 50.5 Å². The minimum absolute atomic E-state index is 0.105. The number of urea groups is 1. The molecule has 0 unspecified atom stereocenters. The van der Waals surface area contributed by atoms with Crippen LogP contribution in [0, 0.1) is 17.6 Å². The first-order valence-electron chi connectivity index (χ1n) is 9.52. The number of halogens is 2. The molecule has 2 N–H and O–H groups in total. The van der Waals surface area contributed by atoms with Crippen molar-refractivity contribution in [1.82, 2.24) is 15.5 Å². The Morgan fingerprint density at radius 2 is 1.92 bits per heavy atom. The maximum Gasteiger partial charge on any atom is 0.315 e. The molecule has 0 saturated carbocycles. The molecule has 2 heterocycles. The Balaban J connectivity index is 1.39. The number of anilines is 1. The van der Waals surface area contributed by atoms with E-state index in [0.29, 0.717) is 18.2 Å². The lowest BCUT2D eigenvalue weighted by Gasteiger charge is -2.31. The Hall–Kier alpha value is -1.89. The molecule has 7 heteroatoms. The molecular weight excluding hydrogens is 338 g/mol. The lowest BCUT2D eigenvalue weighted by atomic mass is 10.1. The third-order valence-corrected chi connectivity index (χ3v) is 5.48. The van der Waals surface area contributed by atoms with Gasteiger partial charge in [-0.05, 0) is 43.9 Å². The van der Waals surface area contributed by atoms with E-state index in [1.54, 1.807) is 6.07 Å². The van der Waals surface area contributed by atoms with Gasteiger partial charge in [0.1, 0.15) is 0 Å². The molecule has 2 saturated heterocycles. The fraction of sp³-hybridized carbons (Fsp3) is 0.632. The molecule has 2 amide bonds. The molecule has 0 aliphatic carbocycles. The van der Waals surface area contributed by atoms with E-state index in [1.807, 2.05) is 4.90 Å². The summed E-state index contributed by atoms with van der Waals surface area (Å²) in [5, 5.41) is 6.03. The van der Waals surface area contributed by atoms with Gasteiger partial charge in [0.15, 0.2) is 11.6 Å². The summed E-state index contributed by atoms with van der Waals surface area (Å²) in [6, 6.07) is 4.14. The van der Waals surface area contributed by atoms with E-state index >= 15 is 0 Å². The second kappa shape index (κ2) is 8.66. The van der Waals surface area contributed by atoms with Crippen molar-refractivity contribution in [1.29, 1.82) is 0 Å². The Morgan fingerprint density at radius 1 is 1.15 bits per heavy atom. The summed E-state index contributed by atoms with van der Waals surface area (Å²) in [6.07, 6.45) is 2.91. The number of benzene rings is 1. The SMILES string of the molecule is CCN1CCC(NC(=O)NC[C@H]2CCN(c3ccc(F)c(F)c3)C2)CC1. The Bertz CT molecular complexity index is 620. The van der Waals surface area contributed by atoms with Gasteiger partial charge in [0.2, 0.25) is 0 Å². The zero-order chi connectivity index (χ0) is 18.5. The van der Waals surface area contributed by atoms with Crippen molar-refractivity contribution in [3.8, 4) is 0 Å². The van der Waals surface area contributed by atoms with Gasteiger partial charge >= 0.3 is 6.03 Å². The van der Waals surface area contributed by atoms with Crippen LogP contribution in [-0.2, 0) is 0 Å². The van der Waals surface area contributed by atoms with Crippen LogP contribution >= 0.6 is 0 Å². The lowest BCUT2D eigenvalue weighted by molar-refractivity contribution is 0.198. The molecule has 2 fully saturated rings. The van der Waals surface area contributed by atoms with Crippen LogP contribution in [0.1, 0.15) is 26.2 Å². The maximum absolute atomic E-state index is 13.4. The van der Waals surface area contributed by atoms with Crippen LogP contribution in [0.5, 0.6) is 0 Å². The Kier molecular flexibility index (Phi) is 6.29. The van der Waals surface area contributed by atoms with Crippen LogP contribution in [0.2, 0.25) is 0 Å². The highest BCUT2D eigenvalue weighted by atomic mass is 19.2. The topological polar surface area (TPSA) is 47.6 Å². The van der Waals surface area contributed by atoms with E-state index in [2.05, 4.69) is 22.5 Å². The first kappa shape index (κ1) is 18.9. The van der Waals surface area contributed by atoms with Gasteiger partial charge in [-0.3, -0.25) is 0 Å². The van der Waals surface area contributed by atoms with E-state index in [9.17, 15) is 13.6 Å². The van der Waals surface area contributed by atoms with Gasteiger partial charge in [-0.15, -0.1) is 0 Å². The number of nitrogens with zero attached hydrogens (tertiary/aromatic N) is 2. The van der Waals surface area contributed by atoms with E-state index in [4.69, 9.17) is 0 Å². The number of hydrogen-bond acceptors (Lipinski definition) is 3. The molecule has 1 aromatic rings. The molecule has 3 rings (SSSR count). The zero-order valence-corrected chi connectivity index (χ0v) is 15.3. The highest BCUT2D eigenvalue weighted by molar-refractivity contribution is 5.74. The maximum atomic E-state index is 13.4. The van der Waals surface area contributed by atoms with Crippen LogP contribution in [0.25, 0.3) is 0 Å². The van der Waals surface area contributed by atoms with Crippen LogP contribution in [0.4, 0.5) is 19.3 Å². The van der Waals surface area contributed by atoms with Gasteiger partial charge in [-0.25, -0.2) is 13.6 Å². The van der Waals surface area contributed by atoms with Gasteiger partial charge < -0.3 is 20.4 Å². The number of nitrogens with one attached hydrogen (secondary N) is 2. The van der Waals surface area contributed by atoms with Crippen molar-refractivity contribution in [2.75, 3.05) is 44.2 Å². The predicted molar refractivity (Wildman–Crippen MR) is 98.3 cm³/mol. The van der Waals surface area contributed by atoms with Crippen molar-refractivity contribution >= 4 is 11.7 Å². The van der Waals surface area contributed by atoms with Crippen LogP contribution < -0.4 is 15.5 Å². The first-order chi connectivity index (χ1) is 12.5. The molecule has 1 atom stereocenters. The Morgan fingerprint density at radius 3 is 2.62 bits per heavy atom. The number of hydrogen-bond donors (Lipinski definition) is 2. The normalized spacial score (nSPS) is 21.8. The first-order valence-corrected chi connectivity index (χ1v) is 9.52. The van der Waals surface area contributed by atoms with E-state index in [-0.39, 0.29) is 12.1 Å². The van der Waals surface area contributed by atoms with Gasteiger partial charge in [-0.1, -0.05) is 6.92 Å². The fourth-order valence-electron chi connectivity index (χ4n) is 3.78. The zero-order valence-electron chi connectivity index (χ0n) is 15.3. The Labute approximate surface area is 153 Å². The van der Waals surface area contributed by atoms with Crippen LogP contribution in [0.15, 0.2) is 18.2 Å². The quantitative estimate of drug-likeness (QED) is 0.842. The summed E-state index contributed by atoms with van der Waals surface area (Å²) in [6.45, 7) is 7.41. The van der Waals surface area contributed by atoms with Crippen molar-refractivity contribution in [3.05, 3.63) is 29.8 Å². The molecule has 5 nitrogen and oxygen atoms in total. The van der Waals surface area contributed by atoms with E-state index < -0.39 is 11.6 Å². The molecule has 26 heavy (non-hydrogen) atoms. The molecular formula is C19H28F2N4O. The highest BCUT2D eigenvalue weighted by Crippen LogP contribution is 2.25. The summed E-state index contributed by atoms with van der Waals surface area (Å²) in [4.78, 5) is 16.5. The lowest BCUT2D eigenvalue weighted by Crippen LogP contribution is -2.48. The molecule has 0 aromatic heterocycles. The summed E-state index contributed by atoms with van der Waals surface area (Å²) in [5.74, 6) is -1.33. The summed E-state index contributed by atoms with van der Waals surface area (Å²) in [5.41, 5.74) is 0.693. The van der Waals surface area contributed by atoms with Gasteiger partial charge in [0.05, 0.1) is 0 Å². The minimum atomic E-state index is -0.826. The minimum Gasteiger partial charge on any atom is -0.371 e. The summed E-state index contributed by atoms with van der Waals surface area (Å²) >= 11 is 0. The third-order valence-electron chi connectivity index (χ3n) is 5.48. The van der Waals surface area contributed by atoms with Crippen molar-refractivity contribution in [2.24, 2.45) is 5.92 Å². The highest BCUT2D eigenvalue weighted by Gasteiger charge is 2.24. The number of piperidine rings is 1.